The Labute approximate surface area is 94.2 Å². The van der Waals surface area contributed by atoms with E-state index in [1.165, 1.54) is 0 Å². The molecule has 0 saturated carbocycles. The Morgan fingerprint density at radius 1 is 1.25 bits per heavy atom. The average Bonchev–Trinajstić information content (AvgIpc) is 2.53. The van der Waals surface area contributed by atoms with Crippen molar-refractivity contribution in [1.29, 1.82) is 0 Å². The molecule has 0 radical (unpaired) electrons. The summed E-state index contributed by atoms with van der Waals surface area (Å²) in [4.78, 5) is 22.8. The van der Waals surface area contributed by atoms with Gasteiger partial charge in [0.05, 0.1) is 5.56 Å². The topological polar surface area (TPSA) is 71.3 Å². The summed E-state index contributed by atoms with van der Waals surface area (Å²) < 4.78 is 5.22. The minimum absolute atomic E-state index is 0.174. The number of nitrogens with one attached hydrogen (secondary N) is 2. The number of hydrogen-bond acceptors (Lipinski definition) is 3. The lowest BCUT2D eigenvalue weighted by atomic mass is 10.2. The third-order valence-corrected chi connectivity index (χ3v) is 2.11. The van der Waals surface area contributed by atoms with E-state index >= 15 is 0 Å². The van der Waals surface area contributed by atoms with Crippen molar-refractivity contribution in [3.8, 4) is 0 Å². The standard InChI is InChI=1S/C11H16N2O3/c1-6(2)10(14)12-13-11(15)9-5-7(3)16-8(9)4/h5-6H,1-4H3,(H,12,14)(H,13,15). The molecule has 88 valence electrons. The van der Waals surface area contributed by atoms with E-state index in [0.717, 1.165) is 0 Å². The highest BCUT2D eigenvalue weighted by molar-refractivity contribution is 5.96. The first-order valence-electron chi connectivity index (χ1n) is 5.09. The van der Waals surface area contributed by atoms with Gasteiger partial charge in [-0.2, -0.15) is 0 Å². The van der Waals surface area contributed by atoms with Crippen LogP contribution in [0, 0.1) is 19.8 Å². The molecule has 16 heavy (non-hydrogen) atoms. The fraction of sp³-hybridized carbons (Fsp3) is 0.455. The quantitative estimate of drug-likeness (QED) is 0.744. The lowest BCUT2D eigenvalue weighted by molar-refractivity contribution is -0.124. The third kappa shape index (κ3) is 2.85. The number of hydrogen-bond donors (Lipinski definition) is 2. The average molecular weight is 224 g/mol. The normalized spacial score (nSPS) is 10.3. The molecule has 0 bridgehead atoms. The van der Waals surface area contributed by atoms with E-state index in [-0.39, 0.29) is 17.7 Å². The Hall–Kier alpha value is -1.78. The predicted molar refractivity (Wildman–Crippen MR) is 58.6 cm³/mol. The van der Waals surface area contributed by atoms with Crippen LogP contribution in [0.2, 0.25) is 0 Å². The van der Waals surface area contributed by atoms with E-state index in [2.05, 4.69) is 10.9 Å². The molecule has 2 amide bonds. The summed E-state index contributed by atoms with van der Waals surface area (Å²) in [5, 5.41) is 0. The molecule has 0 unspecified atom stereocenters. The SMILES string of the molecule is Cc1cc(C(=O)NNC(=O)C(C)C)c(C)o1. The Kier molecular flexibility index (Phi) is 3.71. The first kappa shape index (κ1) is 12.3. The maximum atomic E-state index is 11.6. The number of hydrazine groups is 1. The van der Waals surface area contributed by atoms with E-state index < -0.39 is 0 Å². The number of rotatable bonds is 2. The van der Waals surface area contributed by atoms with Crippen molar-refractivity contribution in [2.75, 3.05) is 0 Å². The largest absolute Gasteiger partial charge is 0.466 e. The lowest BCUT2D eigenvalue weighted by Crippen LogP contribution is -2.43. The third-order valence-electron chi connectivity index (χ3n) is 2.11. The minimum atomic E-state index is -0.372. The van der Waals surface area contributed by atoms with Gasteiger partial charge in [-0.15, -0.1) is 0 Å². The highest BCUT2D eigenvalue weighted by Crippen LogP contribution is 2.12. The second-order valence-corrected chi connectivity index (χ2v) is 3.92. The zero-order valence-corrected chi connectivity index (χ0v) is 9.88. The molecule has 0 spiro atoms. The Balaban J connectivity index is 2.60. The van der Waals surface area contributed by atoms with Gasteiger partial charge in [0.25, 0.3) is 5.91 Å². The van der Waals surface area contributed by atoms with E-state index in [0.29, 0.717) is 17.1 Å². The van der Waals surface area contributed by atoms with Crippen LogP contribution in [0.1, 0.15) is 35.7 Å². The van der Waals surface area contributed by atoms with Crippen LogP contribution in [0.4, 0.5) is 0 Å². The van der Waals surface area contributed by atoms with Crippen LogP contribution in [-0.2, 0) is 4.79 Å². The fourth-order valence-corrected chi connectivity index (χ4v) is 1.19. The van der Waals surface area contributed by atoms with E-state index in [9.17, 15) is 9.59 Å². The van der Waals surface area contributed by atoms with Crippen molar-refractivity contribution < 1.29 is 14.0 Å². The molecule has 0 aliphatic heterocycles. The molecule has 0 aromatic carbocycles. The Morgan fingerprint density at radius 2 is 1.88 bits per heavy atom. The summed E-state index contributed by atoms with van der Waals surface area (Å²) in [5.74, 6) is 0.425. The fourth-order valence-electron chi connectivity index (χ4n) is 1.19. The van der Waals surface area contributed by atoms with E-state index in [1.807, 2.05) is 0 Å². The zero-order chi connectivity index (χ0) is 12.3. The van der Waals surface area contributed by atoms with Gasteiger partial charge in [0.2, 0.25) is 5.91 Å². The molecule has 1 aromatic heterocycles. The molecule has 5 heteroatoms. The van der Waals surface area contributed by atoms with Gasteiger partial charge in [-0.3, -0.25) is 20.4 Å². The number of furan rings is 1. The second kappa shape index (κ2) is 4.83. The van der Waals surface area contributed by atoms with Gasteiger partial charge in [0.15, 0.2) is 0 Å². The second-order valence-electron chi connectivity index (χ2n) is 3.92. The molecule has 1 aromatic rings. The van der Waals surface area contributed by atoms with Gasteiger partial charge in [-0.25, -0.2) is 0 Å². The van der Waals surface area contributed by atoms with Crippen LogP contribution < -0.4 is 10.9 Å². The van der Waals surface area contributed by atoms with Crippen molar-refractivity contribution in [2.45, 2.75) is 27.7 Å². The molecule has 2 N–H and O–H groups in total. The summed E-state index contributed by atoms with van der Waals surface area (Å²) in [6.07, 6.45) is 0. The van der Waals surface area contributed by atoms with Crippen LogP contribution >= 0.6 is 0 Å². The molecular formula is C11H16N2O3. The monoisotopic (exact) mass is 224 g/mol. The van der Waals surface area contributed by atoms with Crippen molar-refractivity contribution in [3.05, 3.63) is 23.2 Å². The summed E-state index contributed by atoms with van der Waals surface area (Å²) >= 11 is 0. The predicted octanol–water partition coefficient (Wildman–Crippen LogP) is 1.31. The van der Waals surface area contributed by atoms with Crippen LogP contribution in [0.25, 0.3) is 0 Å². The zero-order valence-electron chi connectivity index (χ0n) is 9.88. The summed E-state index contributed by atoms with van der Waals surface area (Å²) in [7, 11) is 0. The van der Waals surface area contributed by atoms with Crippen LogP contribution in [0.15, 0.2) is 10.5 Å². The van der Waals surface area contributed by atoms with Crippen molar-refractivity contribution in [1.82, 2.24) is 10.9 Å². The number of amides is 2. The van der Waals surface area contributed by atoms with Crippen LogP contribution in [0.5, 0.6) is 0 Å². The van der Waals surface area contributed by atoms with Crippen molar-refractivity contribution in [3.63, 3.8) is 0 Å². The molecule has 0 fully saturated rings. The van der Waals surface area contributed by atoms with Crippen molar-refractivity contribution in [2.24, 2.45) is 5.92 Å². The Morgan fingerprint density at radius 3 is 2.31 bits per heavy atom. The van der Waals surface area contributed by atoms with Gasteiger partial charge in [0, 0.05) is 5.92 Å². The molecular weight excluding hydrogens is 208 g/mol. The molecule has 0 atom stereocenters. The first-order valence-corrected chi connectivity index (χ1v) is 5.09. The molecule has 0 aliphatic rings. The van der Waals surface area contributed by atoms with Crippen LogP contribution in [-0.4, -0.2) is 11.8 Å². The van der Waals surface area contributed by atoms with Gasteiger partial charge < -0.3 is 4.42 Å². The highest BCUT2D eigenvalue weighted by Gasteiger charge is 2.14. The smallest absolute Gasteiger partial charge is 0.273 e. The molecule has 1 rings (SSSR count). The maximum absolute atomic E-state index is 11.6. The highest BCUT2D eigenvalue weighted by atomic mass is 16.3. The number of carbonyl (C=O) groups excluding carboxylic acids is 2. The van der Waals surface area contributed by atoms with Gasteiger partial charge in [-0.1, -0.05) is 13.8 Å². The van der Waals surface area contributed by atoms with Crippen molar-refractivity contribution >= 4 is 11.8 Å². The van der Waals surface area contributed by atoms with Crippen LogP contribution in [0.3, 0.4) is 0 Å². The number of carbonyl (C=O) groups is 2. The molecule has 0 saturated heterocycles. The van der Waals surface area contributed by atoms with Gasteiger partial charge >= 0.3 is 0 Å². The summed E-state index contributed by atoms with van der Waals surface area (Å²) in [6, 6.07) is 1.63. The summed E-state index contributed by atoms with van der Waals surface area (Å²) in [5.41, 5.74) is 5.10. The molecule has 1 heterocycles. The van der Waals surface area contributed by atoms with Gasteiger partial charge in [0.1, 0.15) is 11.5 Å². The molecule has 5 nitrogen and oxygen atoms in total. The van der Waals surface area contributed by atoms with Gasteiger partial charge in [-0.05, 0) is 19.9 Å². The molecule has 0 aliphatic carbocycles. The van der Waals surface area contributed by atoms with E-state index in [1.54, 1.807) is 33.8 Å². The number of aryl methyl sites for hydroxylation is 2. The van der Waals surface area contributed by atoms with E-state index in [4.69, 9.17) is 4.42 Å². The minimum Gasteiger partial charge on any atom is -0.466 e. The summed E-state index contributed by atoms with van der Waals surface area (Å²) in [6.45, 7) is 6.95. The first-order chi connectivity index (χ1) is 7.41. The maximum Gasteiger partial charge on any atom is 0.273 e. The Bertz CT molecular complexity index is 407. The lowest BCUT2D eigenvalue weighted by Gasteiger charge is -2.08.